The van der Waals surface area contributed by atoms with Gasteiger partial charge in [-0.1, -0.05) is 6.07 Å². The molecule has 0 unspecified atom stereocenters. The summed E-state index contributed by atoms with van der Waals surface area (Å²) in [7, 11) is 0. The van der Waals surface area contributed by atoms with E-state index >= 15 is 0 Å². The molecule has 124 valence electrons. The summed E-state index contributed by atoms with van der Waals surface area (Å²) in [4.78, 5) is 45.5. The summed E-state index contributed by atoms with van der Waals surface area (Å²) in [6, 6.07) is 10.3. The highest BCUT2D eigenvalue weighted by molar-refractivity contribution is 6.24. The summed E-state index contributed by atoms with van der Waals surface area (Å²) in [5, 5.41) is 15.3. The Bertz CT molecular complexity index is 932. The zero-order valence-electron chi connectivity index (χ0n) is 12.7. The number of carbonyl (C=O) groups excluding carboxylic acids is 3. The van der Waals surface area contributed by atoms with Crippen molar-refractivity contribution in [3.8, 4) is 0 Å². The first-order valence-electron chi connectivity index (χ1n) is 7.18. The molecule has 25 heavy (non-hydrogen) atoms. The van der Waals surface area contributed by atoms with E-state index in [1.165, 1.54) is 48.6 Å². The van der Waals surface area contributed by atoms with Crippen LogP contribution in [0.25, 0.3) is 6.08 Å². The van der Waals surface area contributed by atoms with Crippen LogP contribution in [-0.2, 0) is 4.79 Å². The maximum absolute atomic E-state index is 12.0. The molecule has 2 aromatic carbocycles. The van der Waals surface area contributed by atoms with E-state index in [1.807, 2.05) is 0 Å². The lowest BCUT2D eigenvalue weighted by atomic mass is 10.1. The number of hydrogen-bond donors (Lipinski definition) is 2. The molecule has 3 amide bonds. The molecule has 2 N–H and O–H groups in total. The number of amides is 3. The van der Waals surface area contributed by atoms with Crippen molar-refractivity contribution >= 4 is 35.2 Å². The van der Waals surface area contributed by atoms with Crippen LogP contribution in [0.5, 0.6) is 0 Å². The molecule has 0 radical (unpaired) electrons. The number of fused-ring (bicyclic) bond motifs is 1. The number of nitrogens with zero attached hydrogens (tertiary/aromatic N) is 1. The standard InChI is InChI=1S/C17H11N3O5/c21-14(9-6-10-4-7-11(8-5-10)20(24)25)18-13-3-1-2-12-15(13)17(23)19-16(12)22/h1-9H,(H,18,21)(H,19,22,23). The SMILES string of the molecule is O=C(C=Cc1ccc([N+](=O)[O-])cc1)Nc1cccc2c1C(=O)NC2=O. The summed E-state index contributed by atoms with van der Waals surface area (Å²) in [5.74, 6) is -1.56. The number of benzene rings is 2. The van der Waals surface area contributed by atoms with Gasteiger partial charge in [0, 0.05) is 18.2 Å². The van der Waals surface area contributed by atoms with Gasteiger partial charge in [0.25, 0.3) is 17.5 Å². The van der Waals surface area contributed by atoms with Gasteiger partial charge in [-0.25, -0.2) is 0 Å². The summed E-state index contributed by atoms with van der Waals surface area (Å²) in [5.41, 5.74) is 1.13. The van der Waals surface area contributed by atoms with Crippen molar-refractivity contribution in [1.29, 1.82) is 0 Å². The van der Waals surface area contributed by atoms with Gasteiger partial charge in [-0.05, 0) is 35.9 Å². The van der Waals surface area contributed by atoms with Gasteiger partial charge in [0.05, 0.1) is 21.7 Å². The van der Waals surface area contributed by atoms with Crippen molar-refractivity contribution in [3.05, 3.63) is 75.3 Å². The molecule has 8 heteroatoms. The quantitative estimate of drug-likeness (QED) is 0.383. The van der Waals surface area contributed by atoms with E-state index in [2.05, 4.69) is 10.6 Å². The molecule has 0 fully saturated rings. The van der Waals surface area contributed by atoms with Crippen molar-refractivity contribution < 1.29 is 19.3 Å². The number of hydrogen-bond acceptors (Lipinski definition) is 5. The average molecular weight is 337 g/mol. The van der Waals surface area contributed by atoms with Crippen LogP contribution in [0.15, 0.2) is 48.5 Å². The number of nitro benzene ring substituents is 1. The molecule has 0 atom stereocenters. The molecule has 1 aliphatic heterocycles. The average Bonchev–Trinajstić information content (AvgIpc) is 2.89. The van der Waals surface area contributed by atoms with Crippen LogP contribution in [0.2, 0.25) is 0 Å². The van der Waals surface area contributed by atoms with E-state index < -0.39 is 22.6 Å². The number of anilines is 1. The van der Waals surface area contributed by atoms with Gasteiger partial charge in [0.1, 0.15) is 0 Å². The topological polar surface area (TPSA) is 118 Å². The van der Waals surface area contributed by atoms with Crippen LogP contribution in [0.4, 0.5) is 11.4 Å². The van der Waals surface area contributed by atoms with Gasteiger partial charge in [-0.15, -0.1) is 0 Å². The first-order chi connectivity index (χ1) is 12.0. The predicted molar refractivity (Wildman–Crippen MR) is 89.0 cm³/mol. The molecular formula is C17H11N3O5. The minimum absolute atomic E-state index is 0.0443. The van der Waals surface area contributed by atoms with Crippen LogP contribution in [-0.4, -0.2) is 22.6 Å². The monoisotopic (exact) mass is 337 g/mol. The van der Waals surface area contributed by atoms with E-state index in [1.54, 1.807) is 6.07 Å². The largest absolute Gasteiger partial charge is 0.322 e. The summed E-state index contributed by atoms with van der Waals surface area (Å²) < 4.78 is 0. The van der Waals surface area contributed by atoms with Crippen molar-refractivity contribution in [2.75, 3.05) is 5.32 Å². The molecule has 1 heterocycles. The highest BCUT2D eigenvalue weighted by Crippen LogP contribution is 2.24. The van der Waals surface area contributed by atoms with Crippen LogP contribution < -0.4 is 10.6 Å². The Balaban J connectivity index is 1.74. The van der Waals surface area contributed by atoms with E-state index in [-0.39, 0.29) is 22.5 Å². The minimum atomic E-state index is -0.560. The minimum Gasteiger partial charge on any atom is -0.322 e. The fourth-order valence-corrected chi connectivity index (χ4v) is 2.38. The van der Waals surface area contributed by atoms with Crippen LogP contribution >= 0.6 is 0 Å². The molecule has 0 spiro atoms. The van der Waals surface area contributed by atoms with Crippen LogP contribution in [0.1, 0.15) is 26.3 Å². The Morgan fingerprint density at radius 2 is 1.80 bits per heavy atom. The highest BCUT2D eigenvalue weighted by atomic mass is 16.6. The molecule has 3 rings (SSSR count). The molecular weight excluding hydrogens is 326 g/mol. The van der Waals surface area contributed by atoms with E-state index in [0.717, 1.165) is 0 Å². The lowest BCUT2D eigenvalue weighted by Crippen LogP contribution is -2.20. The Morgan fingerprint density at radius 3 is 2.48 bits per heavy atom. The second-order valence-electron chi connectivity index (χ2n) is 5.18. The third-order valence-electron chi connectivity index (χ3n) is 3.55. The summed E-state index contributed by atoms with van der Waals surface area (Å²) >= 11 is 0. The van der Waals surface area contributed by atoms with Gasteiger partial charge in [0.15, 0.2) is 0 Å². The Hall–Kier alpha value is -3.81. The van der Waals surface area contributed by atoms with Crippen LogP contribution in [0.3, 0.4) is 0 Å². The van der Waals surface area contributed by atoms with Gasteiger partial charge in [-0.3, -0.25) is 29.8 Å². The van der Waals surface area contributed by atoms with E-state index in [4.69, 9.17) is 0 Å². The molecule has 2 aromatic rings. The Morgan fingerprint density at radius 1 is 1.08 bits per heavy atom. The van der Waals surface area contributed by atoms with Gasteiger partial charge in [-0.2, -0.15) is 0 Å². The van der Waals surface area contributed by atoms with Gasteiger partial charge in [0.2, 0.25) is 5.91 Å². The number of nitro groups is 1. The smallest absolute Gasteiger partial charge is 0.269 e. The van der Waals surface area contributed by atoms with Crippen LogP contribution in [0, 0.1) is 10.1 Å². The number of imide groups is 1. The third-order valence-corrected chi connectivity index (χ3v) is 3.55. The summed E-state index contributed by atoms with van der Waals surface area (Å²) in [6.45, 7) is 0. The normalized spacial score (nSPS) is 12.8. The molecule has 0 saturated carbocycles. The van der Waals surface area contributed by atoms with E-state index in [0.29, 0.717) is 5.56 Å². The number of rotatable bonds is 4. The lowest BCUT2D eigenvalue weighted by Gasteiger charge is -2.05. The highest BCUT2D eigenvalue weighted by Gasteiger charge is 2.29. The zero-order valence-corrected chi connectivity index (χ0v) is 12.7. The lowest BCUT2D eigenvalue weighted by molar-refractivity contribution is -0.384. The number of nitrogens with one attached hydrogen (secondary N) is 2. The number of non-ortho nitro benzene ring substituents is 1. The molecule has 0 aromatic heterocycles. The van der Waals surface area contributed by atoms with Crippen molar-refractivity contribution in [3.63, 3.8) is 0 Å². The van der Waals surface area contributed by atoms with Gasteiger partial charge >= 0.3 is 0 Å². The second-order valence-corrected chi connectivity index (χ2v) is 5.18. The first-order valence-corrected chi connectivity index (χ1v) is 7.18. The molecule has 8 nitrogen and oxygen atoms in total. The fraction of sp³-hybridized carbons (Fsp3) is 0. The number of carbonyl (C=O) groups is 3. The maximum Gasteiger partial charge on any atom is 0.269 e. The molecule has 0 saturated heterocycles. The van der Waals surface area contributed by atoms with Gasteiger partial charge < -0.3 is 5.32 Å². The second kappa shape index (κ2) is 6.36. The fourth-order valence-electron chi connectivity index (χ4n) is 2.38. The van der Waals surface area contributed by atoms with Crippen molar-refractivity contribution in [2.45, 2.75) is 0 Å². The predicted octanol–water partition coefficient (Wildman–Crippen LogP) is 2.13. The Kier molecular flexibility index (Phi) is 4.09. The van der Waals surface area contributed by atoms with Crippen molar-refractivity contribution in [1.82, 2.24) is 5.32 Å². The summed E-state index contributed by atoms with van der Waals surface area (Å²) in [6.07, 6.45) is 2.71. The first kappa shape index (κ1) is 16.1. The Labute approximate surface area is 141 Å². The molecule has 0 bridgehead atoms. The molecule has 1 aliphatic rings. The zero-order chi connectivity index (χ0) is 18.0. The van der Waals surface area contributed by atoms with Crippen molar-refractivity contribution in [2.24, 2.45) is 0 Å². The third kappa shape index (κ3) is 3.27. The maximum atomic E-state index is 12.0. The van der Waals surface area contributed by atoms with E-state index in [9.17, 15) is 24.5 Å². The molecule has 0 aliphatic carbocycles.